The average Bonchev–Trinajstić information content (AvgIpc) is 3.70. The van der Waals surface area contributed by atoms with E-state index in [1.54, 1.807) is 79.7 Å². The third-order valence-electron chi connectivity index (χ3n) is 7.74. The summed E-state index contributed by atoms with van der Waals surface area (Å²) in [7, 11) is -4.12. The van der Waals surface area contributed by atoms with Crippen molar-refractivity contribution in [2.45, 2.75) is 104 Å². The molecule has 5 rings (SSSR count). The van der Waals surface area contributed by atoms with Gasteiger partial charge in [-0.3, -0.25) is 9.46 Å². The summed E-state index contributed by atoms with van der Waals surface area (Å²) < 4.78 is 61.8. The van der Waals surface area contributed by atoms with Gasteiger partial charge in [-0.15, -0.1) is 0 Å². The summed E-state index contributed by atoms with van der Waals surface area (Å²) in [6.07, 6.45) is -2.57. The standard InChI is InChI=1S/C33H44Cl2N5O11P/c1-9-44-28(41)29(52(43,46-10-2)47-11-3)45-18-22-23-24(50-33(7,8)49-23)27(48-22)40-26-20(16-36-40)25(37-30(35)38-26)39(31(42)51-32(4,5)6)17-19-14-12-13-15-21(19)34/h12-16,22-24,27,29H,9-11,17-18H2,1-8H3/t22-,23-,24-,27-,29?/m1/s1. The highest BCUT2D eigenvalue weighted by molar-refractivity contribution is 7.55. The summed E-state index contributed by atoms with van der Waals surface area (Å²) >= 11 is 13.0. The number of amides is 1. The summed E-state index contributed by atoms with van der Waals surface area (Å²) in [5.74, 6) is -3.54. The van der Waals surface area contributed by atoms with Gasteiger partial charge in [0.1, 0.15) is 23.9 Å². The van der Waals surface area contributed by atoms with Crippen LogP contribution in [0.4, 0.5) is 10.6 Å². The first-order valence-electron chi connectivity index (χ1n) is 16.8. The van der Waals surface area contributed by atoms with Crippen molar-refractivity contribution in [3.8, 4) is 0 Å². The van der Waals surface area contributed by atoms with Crippen LogP contribution in [-0.4, -0.2) is 93.8 Å². The Morgan fingerprint density at radius 2 is 1.71 bits per heavy atom. The summed E-state index contributed by atoms with van der Waals surface area (Å²) in [5.41, 5.74) is 0.00801. The number of carbonyl (C=O) groups excluding carboxylic acids is 2. The van der Waals surface area contributed by atoms with Crippen molar-refractivity contribution in [2.24, 2.45) is 0 Å². The maximum atomic E-state index is 13.7. The number of anilines is 1. The first-order valence-corrected chi connectivity index (χ1v) is 19.2. The number of ether oxygens (including phenoxy) is 6. The Kier molecular flexibility index (Phi) is 12.6. The van der Waals surface area contributed by atoms with Gasteiger partial charge in [0.15, 0.2) is 23.5 Å². The van der Waals surface area contributed by atoms with Crippen molar-refractivity contribution >= 4 is 59.7 Å². The van der Waals surface area contributed by atoms with Crippen LogP contribution in [0.5, 0.6) is 0 Å². The topological polar surface area (TPSA) is 172 Å². The molecule has 16 nitrogen and oxygen atoms in total. The molecular weight excluding hydrogens is 744 g/mol. The highest BCUT2D eigenvalue weighted by Gasteiger charge is 2.57. The number of hydrogen-bond donors (Lipinski definition) is 0. The van der Waals surface area contributed by atoms with Gasteiger partial charge in [0, 0.05) is 5.02 Å². The quantitative estimate of drug-likeness (QED) is 0.0964. The first kappa shape index (κ1) is 40.3. The second-order valence-electron chi connectivity index (χ2n) is 13.2. The molecule has 2 fully saturated rings. The fourth-order valence-corrected chi connectivity index (χ4v) is 7.85. The zero-order valence-electron chi connectivity index (χ0n) is 30.2. The van der Waals surface area contributed by atoms with E-state index in [0.717, 1.165) is 0 Å². The van der Waals surface area contributed by atoms with Crippen molar-refractivity contribution < 1.29 is 51.6 Å². The van der Waals surface area contributed by atoms with Crippen LogP contribution in [0.15, 0.2) is 30.5 Å². The van der Waals surface area contributed by atoms with E-state index in [9.17, 15) is 14.2 Å². The lowest BCUT2D eigenvalue weighted by molar-refractivity contribution is -0.204. The molecule has 1 amide bonds. The van der Waals surface area contributed by atoms with Gasteiger partial charge in [-0.25, -0.2) is 14.3 Å². The first-order chi connectivity index (χ1) is 24.5. The molecule has 0 radical (unpaired) electrons. The van der Waals surface area contributed by atoms with Gasteiger partial charge in [0.2, 0.25) is 5.28 Å². The molecule has 2 aliphatic rings. The Labute approximate surface area is 311 Å². The highest BCUT2D eigenvalue weighted by Crippen LogP contribution is 2.54. The van der Waals surface area contributed by atoms with Crippen molar-refractivity contribution in [1.82, 2.24) is 19.7 Å². The van der Waals surface area contributed by atoms with Gasteiger partial charge in [0.05, 0.1) is 44.6 Å². The van der Waals surface area contributed by atoms with Crippen molar-refractivity contribution in [1.29, 1.82) is 0 Å². The Balaban J connectivity index is 1.51. The molecule has 0 saturated carbocycles. The van der Waals surface area contributed by atoms with Crippen LogP contribution in [0, 0.1) is 0 Å². The number of fused-ring (bicyclic) bond motifs is 2. The highest BCUT2D eigenvalue weighted by atomic mass is 35.5. The molecule has 3 aromatic rings. The van der Waals surface area contributed by atoms with E-state index in [1.165, 1.54) is 15.8 Å². The lowest BCUT2D eigenvalue weighted by atomic mass is 10.1. The molecule has 5 atom stereocenters. The van der Waals surface area contributed by atoms with Crippen molar-refractivity contribution in [3.05, 3.63) is 46.3 Å². The minimum atomic E-state index is -4.12. The number of hydrogen-bond acceptors (Lipinski definition) is 14. The maximum absolute atomic E-state index is 13.7. The predicted octanol–water partition coefficient (Wildman–Crippen LogP) is 6.66. The van der Waals surface area contributed by atoms with Gasteiger partial charge in [0.25, 0.3) is 5.85 Å². The fourth-order valence-electron chi connectivity index (χ4n) is 5.83. The van der Waals surface area contributed by atoms with Crippen molar-refractivity contribution in [3.63, 3.8) is 0 Å². The van der Waals surface area contributed by atoms with Crippen LogP contribution in [0.2, 0.25) is 10.3 Å². The lowest BCUT2D eigenvalue weighted by Crippen LogP contribution is -2.37. The van der Waals surface area contributed by atoms with Crippen molar-refractivity contribution in [2.75, 3.05) is 31.3 Å². The number of nitrogens with zero attached hydrogens (tertiary/aromatic N) is 5. The molecular formula is C33H44Cl2N5O11P. The van der Waals surface area contributed by atoms with Crippen LogP contribution >= 0.6 is 30.8 Å². The van der Waals surface area contributed by atoms with Crippen LogP contribution < -0.4 is 4.90 Å². The smallest absolute Gasteiger partial charge is 0.416 e. The van der Waals surface area contributed by atoms with E-state index in [-0.39, 0.29) is 49.7 Å². The Morgan fingerprint density at radius 3 is 2.35 bits per heavy atom. The molecule has 0 bridgehead atoms. The second-order valence-corrected chi connectivity index (χ2v) is 16.1. The SMILES string of the molecule is CCOC(=O)C(OC[C@H]1O[C@@H](n2ncc3c(N(Cc4ccccc4Cl)C(=O)OC(C)(C)C)nc(Cl)nc32)[C@@H]2OC(C)(C)O[C@@H]21)P(=O)(OCC)OCC. The molecule has 52 heavy (non-hydrogen) atoms. The number of aromatic nitrogens is 4. The minimum absolute atomic E-state index is 0.00307. The average molecular weight is 789 g/mol. The van der Waals surface area contributed by atoms with Crippen LogP contribution in [-0.2, 0) is 53.4 Å². The third-order valence-corrected chi connectivity index (χ3v) is 10.4. The molecule has 286 valence electrons. The Hall–Kier alpha value is -2.92. The molecule has 4 heterocycles. The number of rotatable bonds is 14. The number of benzene rings is 1. The zero-order chi connectivity index (χ0) is 38.0. The molecule has 2 aromatic heterocycles. The van der Waals surface area contributed by atoms with E-state index >= 15 is 0 Å². The summed E-state index contributed by atoms with van der Waals surface area (Å²) in [4.78, 5) is 36.9. The van der Waals surface area contributed by atoms with E-state index in [0.29, 0.717) is 16.0 Å². The largest absolute Gasteiger partial charge is 0.464 e. The van der Waals surface area contributed by atoms with E-state index in [4.69, 9.17) is 60.7 Å². The van der Waals surface area contributed by atoms with Gasteiger partial charge < -0.3 is 37.5 Å². The van der Waals surface area contributed by atoms with E-state index in [2.05, 4.69) is 15.1 Å². The van der Waals surface area contributed by atoms with Crippen LogP contribution in [0.3, 0.4) is 0 Å². The lowest BCUT2D eigenvalue weighted by Gasteiger charge is -2.28. The van der Waals surface area contributed by atoms with Gasteiger partial charge in [-0.2, -0.15) is 15.1 Å². The molecule has 19 heteroatoms. The Morgan fingerprint density at radius 1 is 1.04 bits per heavy atom. The number of esters is 1. The monoisotopic (exact) mass is 787 g/mol. The predicted molar refractivity (Wildman–Crippen MR) is 189 cm³/mol. The summed E-state index contributed by atoms with van der Waals surface area (Å²) in [6, 6.07) is 7.08. The normalized spacial score (nSPS) is 22.0. The van der Waals surface area contributed by atoms with Crippen LogP contribution in [0.25, 0.3) is 11.0 Å². The molecule has 0 N–H and O–H groups in total. The van der Waals surface area contributed by atoms with Gasteiger partial charge in [-0.1, -0.05) is 29.8 Å². The van der Waals surface area contributed by atoms with E-state index < -0.39 is 61.4 Å². The maximum Gasteiger partial charge on any atom is 0.416 e. The van der Waals surface area contributed by atoms with Gasteiger partial charge in [-0.05, 0) is 78.6 Å². The molecule has 0 aliphatic carbocycles. The zero-order valence-corrected chi connectivity index (χ0v) is 32.6. The molecule has 2 saturated heterocycles. The minimum Gasteiger partial charge on any atom is -0.464 e. The summed E-state index contributed by atoms with van der Waals surface area (Å²) in [5, 5.41) is 5.19. The summed E-state index contributed by atoms with van der Waals surface area (Å²) in [6.45, 7) is 13.3. The van der Waals surface area contributed by atoms with Gasteiger partial charge >= 0.3 is 19.7 Å². The molecule has 2 aliphatic heterocycles. The van der Waals surface area contributed by atoms with Crippen LogP contribution in [0.1, 0.15) is 67.2 Å². The Bertz CT molecular complexity index is 1800. The third kappa shape index (κ3) is 8.88. The molecule has 0 spiro atoms. The molecule has 1 unspecified atom stereocenters. The molecule has 1 aromatic carbocycles. The number of carbonyl (C=O) groups is 2. The fraction of sp³-hybridized carbons (Fsp3) is 0.606. The number of halogens is 2. The second kappa shape index (κ2) is 16.2. The van der Waals surface area contributed by atoms with E-state index in [1.807, 2.05) is 0 Å².